The van der Waals surface area contributed by atoms with Gasteiger partial charge < -0.3 is 5.32 Å². The summed E-state index contributed by atoms with van der Waals surface area (Å²) < 4.78 is 49.6. The van der Waals surface area contributed by atoms with Crippen molar-refractivity contribution in [2.24, 2.45) is 0 Å². The van der Waals surface area contributed by atoms with Crippen LogP contribution < -0.4 is 5.32 Å². The number of halogens is 3. The Labute approximate surface area is 134 Å². The van der Waals surface area contributed by atoms with E-state index < -0.39 is 15.6 Å². The van der Waals surface area contributed by atoms with Crippen LogP contribution in [0.4, 0.5) is 14.5 Å². The van der Waals surface area contributed by atoms with Gasteiger partial charge in [0.1, 0.15) is 0 Å². The van der Waals surface area contributed by atoms with Crippen LogP contribution in [-0.4, -0.2) is 14.2 Å². The smallest absolute Gasteiger partial charge is 0.341 e. The van der Waals surface area contributed by atoms with Crippen LogP contribution in [0.15, 0.2) is 39.7 Å². The maximum atomic E-state index is 12.7. The van der Waals surface area contributed by atoms with Crippen LogP contribution >= 0.6 is 27.3 Å². The fourth-order valence-electron chi connectivity index (χ4n) is 1.74. The highest BCUT2D eigenvalue weighted by Gasteiger charge is 2.28. The van der Waals surface area contributed by atoms with Crippen LogP contribution in [0.2, 0.25) is 0 Å². The summed E-state index contributed by atoms with van der Waals surface area (Å²) in [5.41, 5.74) is 0.181. The lowest BCUT2D eigenvalue weighted by atomic mass is 10.3. The fraction of sp³-hybridized carbons (Fsp3) is 0.231. The zero-order valence-electron chi connectivity index (χ0n) is 10.9. The highest BCUT2D eigenvalue weighted by atomic mass is 79.9. The SMILES string of the molecule is Cc1sc(CNc2ccccc2S(=O)(=O)C(F)F)cc1Br. The van der Waals surface area contributed by atoms with Crippen molar-refractivity contribution in [1.29, 1.82) is 0 Å². The van der Waals surface area contributed by atoms with Crippen LogP contribution in [0, 0.1) is 6.92 Å². The molecule has 0 spiro atoms. The molecule has 0 radical (unpaired) electrons. The van der Waals surface area contributed by atoms with Gasteiger partial charge in [-0.05, 0) is 41.1 Å². The molecule has 0 aliphatic rings. The molecule has 3 nitrogen and oxygen atoms in total. The molecule has 0 fully saturated rings. The average Bonchev–Trinajstić information content (AvgIpc) is 2.75. The number of hydrogen-bond donors (Lipinski definition) is 1. The van der Waals surface area contributed by atoms with Gasteiger partial charge in [-0.25, -0.2) is 8.42 Å². The number of para-hydroxylation sites is 1. The van der Waals surface area contributed by atoms with Crippen LogP contribution in [0.1, 0.15) is 9.75 Å². The molecule has 0 amide bonds. The molecule has 2 aromatic rings. The van der Waals surface area contributed by atoms with Gasteiger partial charge in [0.15, 0.2) is 0 Å². The predicted molar refractivity (Wildman–Crippen MR) is 83.7 cm³/mol. The van der Waals surface area contributed by atoms with Gasteiger partial charge in [0.2, 0.25) is 9.84 Å². The summed E-state index contributed by atoms with van der Waals surface area (Å²) in [6, 6.07) is 7.59. The van der Waals surface area contributed by atoms with Crippen LogP contribution in [0.5, 0.6) is 0 Å². The second-order valence-electron chi connectivity index (χ2n) is 4.27. The van der Waals surface area contributed by atoms with Gasteiger partial charge in [-0.3, -0.25) is 0 Å². The van der Waals surface area contributed by atoms with Gasteiger partial charge in [0.05, 0.1) is 10.6 Å². The van der Waals surface area contributed by atoms with Crippen LogP contribution in [-0.2, 0) is 16.4 Å². The molecule has 2 rings (SSSR count). The second-order valence-corrected chi connectivity index (χ2v) is 8.35. The lowest BCUT2D eigenvalue weighted by molar-refractivity contribution is 0.235. The first-order chi connectivity index (χ1) is 9.82. The lowest BCUT2D eigenvalue weighted by Crippen LogP contribution is -2.14. The normalized spacial score (nSPS) is 11.9. The van der Waals surface area contributed by atoms with Gasteiger partial charge in [-0.1, -0.05) is 12.1 Å². The van der Waals surface area contributed by atoms with Crippen molar-refractivity contribution in [3.8, 4) is 0 Å². The Morgan fingerprint density at radius 3 is 2.57 bits per heavy atom. The number of aryl methyl sites for hydroxylation is 1. The topological polar surface area (TPSA) is 46.2 Å². The van der Waals surface area contributed by atoms with Crippen molar-refractivity contribution in [3.63, 3.8) is 0 Å². The summed E-state index contributed by atoms with van der Waals surface area (Å²) in [6.07, 6.45) is 0. The first-order valence-corrected chi connectivity index (χ1v) is 9.07. The molecule has 21 heavy (non-hydrogen) atoms. The first kappa shape index (κ1) is 16.4. The maximum Gasteiger partial charge on any atom is 0.341 e. The molecule has 0 aliphatic heterocycles. The highest BCUT2D eigenvalue weighted by molar-refractivity contribution is 9.10. The van der Waals surface area contributed by atoms with E-state index >= 15 is 0 Å². The number of anilines is 1. The molecule has 1 aromatic heterocycles. The highest BCUT2D eigenvalue weighted by Crippen LogP contribution is 2.29. The lowest BCUT2D eigenvalue weighted by Gasteiger charge is -2.11. The molecular weight excluding hydrogens is 384 g/mol. The summed E-state index contributed by atoms with van der Waals surface area (Å²) in [7, 11) is -4.62. The standard InChI is InChI=1S/C13H12BrF2NO2S2/c1-8-10(14)6-9(20-8)7-17-11-4-2-3-5-12(11)21(18,19)13(15)16/h2-6,13,17H,7H2,1H3. The molecule has 114 valence electrons. The quantitative estimate of drug-likeness (QED) is 0.814. The van der Waals surface area contributed by atoms with Gasteiger partial charge in [-0.15, -0.1) is 11.3 Å². The van der Waals surface area contributed by atoms with Gasteiger partial charge >= 0.3 is 5.76 Å². The van der Waals surface area contributed by atoms with E-state index in [1.54, 1.807) is 17.4 Å². The third-order valence-corrected chi connectivity index (χ3v) is 6.36. The molecular formula is C13H12BrF2NO2S2. The molecule has 0 atom stereocenters. The van der Waals surface area contributed by atoms with Crippen LogP contribution in [0.3, 0.4) is 0 Å². The summed E-state index contributed by atoms with van der Waals surface area (Å²) in [4.78, 5) is 1.69. The third-order valence-electron chi connectivity index (χ3n) is 2.79. The second kappa shape index (κ2) is 6.41. The molecule has 0 saturated carbocycles. The minimum absolute atomic E-state index is 0.181. The van der Waals surface area contributed by atoms with Crippen molar-refractivity contribution < 1.29 is 17.2 Å². The Hall–Kier alpha value is -0.990. The average molecular weight is 396 g/mol. The van der Waals surface area contributed by atoms with Crippen molar-refractivity contribution in [1.82, 2.24) is 0 Å². The van der Waals surface area contributed by atoms with Gasteiger partial charge in [0.25, 0.3) is 0 Å². The minimum atomic E-state index is -4.62. The van der Waals surface area contributed by atoms with Gasteiger partial charge in [0, 0.05) is 20.8 Å². The summed E-state index contributed by atoms with van der Waals surface area (Å²) in [5, 5.41) is 2.91. The van der Waals surface area contributed by atoms with E-state index in [-0.39, 0.29) is 10.6 Å². The Kier molecular flexibility index (Phi) is 5.00. The molecule has 8 heteroatoms. The number of rotatable bonds is 5. The number of nitrogens with one attached hydrogen (secondary N) is 1. The Balaban J connectivity index is 2.25. The van der Waals surface area contributed by atoms with Gasteiger partial charge in [-0.2, -0.15) is 8.78 Å². The van der Waals surface area contributed by atoms with Crippen molar-refractivity contribution in [2.45, 2.75) is 24.1 Å². The third kappa shape index (κ3) is 3.61. The van der Waals surface area contributed by atoms with E-state index in [0.717, 1.165) is 14.2 Å². The van der Waals surface area contributed by atoms with E-state index in [1.165, 1.54) is 18.2 Å². The molecule has 1 aromatic carbocycles. The van der Waals surface area contributed by atoms with Crippen molar-refractivity contribution in [2.75, 3.05) is 5.32 Å². The van der Waals surface area contributed by atoms with E-state index in [1.807, 2.05) is 13.0 Å². The van der Waals surface area contributed by atoms with Crippen LogP contribution in [0.25, 0.3) is 0 Å². The molecule has 0 unspecified atom stereocenters. The molecule has 1 N–H and O–H groups in total. The van der Waals surface area contributed by atoms with Crippen molar-refractivity contribution in [3.05, 3.63) is 44.6 Å². The zero-order chi connectivity index (χ0) is 15.6. The molecule has 0 bridgehead atoms. The number of alkyl halides is 2. The maximum absolute atomic E-state index is 12.7. The van der Waals surface area contributed by atoms with E-state index in [9.17, 15) is 17.2 Å². The minimum Gasteiger partial charge on any atom is -0.379 e. The number of hydrogen-bond acceptors (Lipinski definition) is 4. The summed E-state index contributed by atoms with van der Waals surface area (Å²) >= 11 is 4.94. The Bertz CT molecular complexity index is 725. The van der Waals surface area contributed by atoms with E-state index in [4.69, 9.17) is 0 Å². The largest absolute Gasteiger partial charge is 0.379 e. The Morgan fingerprint density at radius 2 is 2.00 bits per heavy atom. The predicted octanol–water partition coefficient (Wildman–Crippen LogP) is 4.43. The number of benzene rings is 1. The summed E-state index contributed by atoms with van der Waals surface area (Å²) in [5.74, 6) is -3.43. The number of sulfone groups is 1. The molecule has 0 saturated heterocycles. The van der Waals surface area contributed by atoms with Crippen molar-refractivity contribution >= 4 is 42.8 Å². The molecule has 1 heterocycles. The van der Waals surface area contributed by atoms with E-state index in [2.05, 4.69) is 21.2 Å². The molecule has 0 aliphatic carbocycles. The first-order valence-electron chi connectivity index (χ1n) is 5.92. The van der Waals surface area contributed by atoms with E-state index in [0.29, 0.717) is 6.54 Å². The number of thiophene rings is 1. The monoisotopic (exact) mass is 395 g/mol. The Morgan fingerprint density at radius 1 is 1.33 bits per heavy atom. The fourth-order valence-corrected chi connectivity index (χ4v) is 4.19. The summed E-state index contributed by atoms with van der Waals surface area (Å²) in [6.45, 7) is 2.32. The zero-order valence-corrected chi connectivity index (χ0v) is 14.2.